The number of rotatable bonds is 3. The van der Waals surface area contributed by atoms with E-state index in [-0.39, 0.29) is 24.4 Å². The lowest BCUT2D eigenvalue weighted by atomic mass is 10.0. The molecule has 96 valence electrons. The van der Waals surface area contributed by atoms with Crippen LogP contribution in [0.4, 0.5) is 4.39 Å². The zero-order valence-electron chi connectivity index (χ0n) is 9.57. The molecule has 6 heteroatoms. The number of ether oxygens (including phenoxy) is 1. The molecular formula is C11H15ClFNO3. The molecule has 0 aromatic heterocycles. The molecule has 0 aliphatic carbocycles. The summed E-state index contributed by atoms with van der Waals surface area (Å²) in [5.74, 6) is -1.72. The highest BCUT2D eigenvalue weighted by Crippen LogP contribution is 2.29. The minimum atomic E-state index is -0.775. The van der Waals surface area contributed by atoms with E-state index in [9.17, 15) is 14.3 Å². The van der Waals surface area contributed by atoms with Crippen molar-refractivity contribution in [3.8, 4) is 5.75 Å². The number of hydrogen-bond acceptors (Lipinski definition) is 4. The molecule has 0 amide bonds. The fourth-order valence-corrected chi connectivity index (χ4v) is 1.35. The van der Waals surface area contributed by atoms with Crippen molar-refractivity contribution in [3.63, 3.8) is 0 Å². The quantitative estimate of drug-likeness (QED) is 0.816. The lowest BCUT2D eigenvalue weighted by Crippen LogP contribution is -2.16. The van der Waals surface area contributed by atoms with Gasteiger partial charge in [0.1, 0.15) is 0 Å². The first-order chi connectivity index (χ1) is 7.47. The second kappa shape index (κ2) is 6.42. The van der Waals surface area contributed by atoms with Crippen molar-refractivity contribution in [1.29, 1.82) is 0 Å². The second-order valence-corrected chi connectivity index (χ2v) is 3.52. The lowest BCUT2D eigenvalue weighted by molar-refractivity contribution is -0.141. The van der Waals surface area contributed by atoms with E-state index in [1.807, 2.05) is 0 Å². The van der Waals surface area contributed by atoms with Crippen molar-refractivity contribution in [2.75, 3.05) is 7.11 Å². The molecule has 17 heavy (non-hydrogen) atoms. The number of methoxy groups -OCH3 is 1. The van der Waals surface area contributed by atoms with Crippen molar-refractivity contribution < 1.29 is 19.0 Å². The maximum atomic E-state index is 13.3. The van der Waals surface area contributed by atoms with E-state index in [2.05, 4.69) is 4.74 Å². The van der Waals surface area contributed by atoms with E-state index in [1.165, 1.54) is 26.2 Å². The lowest BCUT2D eigenvalue weighted by Gasteiger charge is -2.13. The van der Waals surface area contributed by atoms with Gasteiger partial charge in [-0.15, -0.1) is 12.4 Å². The SMILES string of the molecule is COC(=O)C[C@H](N)c1ccc(C)c(F)c1O.Cl. The summed E-state index contributed by atoms with van der Waals surface area (Å²) in [5, 5.41) is 9.53. The van der Waals surface area contributed by atoms with Gasteiger partial charge >= 0.3 is 5.97 Å². The van der Waals surface area contributed by atoms with Crippen LogP contribution in [0.2, 0.25) is 0 Å². The number of esters is 1. The third kappa shape index (κ3) is 3.57. The van der Waals surface area contributed by atoms with E-state index in [4.69, 9.17) is 5.73 Å². The summed E-state index contributed by atoms with van der Waals surface area (Å²) >= 11 is 0. The van der Waals surface area contributed by atoms with Gasteiger partial charge in [0, 0.05) is 11.6 Å². The number of phenols is 1. The normalized spacial score (nSPS) is 11.5. The Kier molecular flexibility index (Phi) is 5.91. The van der Waals surface area contributed by atoms with Crippen molar-refractivity contribution >= 4 is 18.4 Å². The highest BCUT2D eigenvalue weighted by Gasteiger charge is 2.18. The Balaban J connectivity index is 0.00000256. The third-order valence-corrected chi connectivity index (χ3v) is 2.35. The average Bonchev–Trinajstić information content (AvgIpc) is 2.25. The van der Waals surface area contributed by atoms with Crippen LogP contribution in [-0.2, 0) is 9.53 Å². The van der Waals surface area contributed by atoms with Crippen LogP contribution in [0.25, 0.3) is 0 Å². The molecule has 1 rings (SSSR count). The van der Waals surface area contributed by atoms with Gasteiger partial charge in [-0.25, -0.2) is 4.39 Å². The minimum Gasteiger partial charge on any atom is -0.505 e. The summed E-state index contributed by atoms with van der Waals surface area (Å²) in [4.78, 5) is 11.0. The molecule has 0 aliphatic rings. The van der Waals surface area contributed by atoms with E-state index in [0.29, 0.717) is 5.56 Å². The largest absolute Gasteiger partial charge is 0.505 e. The number of benzene rings is 1. The molecule has 0 saturated carbocycles. The molecular weight excluding hydrogens is 249 g/mol. The molecule has 0 radical (unpaired) electrons. The highest BCUT2D eigenvalue weighted by molar-refractivity contribution is 5.85. The van der Waals surface area contributed by atoms with Gasteiger partial charge in [0.15, 0.2) is 11.6 Å². The van der Waals surface area contributed by atoms with Crippen molar-refractivity contribution in [2.45, 2.75) is 19.4 Å². The van der Waals surface area contributed by atoms with Gasteiger partial charge in [0.05, 0.1) is 13.5 Å². The summed E-state index contributed by atoms with van der Waals surface area (Å²) < 4.78 is 17.8. The smallest absolute Gasteiger partial charge is 0.307 e. The molecule has 1 atom stereocenters. The molecule has 0 aliphatic heterocycles. The van der Waals surface area contributed by atoms with E-state index < -0.39 is 23.6 Å². The zero-order chi connectivity index (χ0) is 12.3. The number of carbonyl (C=O) groups is 1. The Labute approximate surface area is 105 Å². The van der Waals surface area contributed by atoms with E-state index in [0.717, 1.165) is 0 Å². The van der Waals surface area contributed by atoms with E-state index in [1.54, 1.807) is 0 Å². The number of aromatic hydroxyl groups is 1. The molecule has 0 bridgehead atoms. The molecule has 0 heterocycles. The van der Waals surface area contributed by atoms with E-state index >= 15 is 0 Å². The summed E-state index contributed by atoms with van der Waals surface area (Å²) in [6.45, 7) is 1.53. The van der Waals surface area contributed by atoms with Crippen LogP contribution in [0.5, 0.6) is 5.75 Å². The number of aryl methyl sites for hydroxylation is 1. The maximum Gasteiger partial charge on any atom is 0.307 e. The van der Waals surface area contributed by atoms with Gasteiger partial charge < -0.3 is 15.6 Å². The zero-order valence-corrected chi connectivity index (χ0v) is 10.4. The van der Waals surface area contributed by atoms with Crippen LogP contribution in [-0.4, -0.2) is 18.2 Å². The second-order valence-electron chi connectivity index (χ2n) is 3.52. The summed E-state index contributed by atoms with van der Waals surface area (Å²) in [6, 6.07) is 2.23. The highest BCUT2D eigenvalue weighted by atomic mass is 35.5. The number of phenolic OH excluding ortho intramolecular Hbond substituents is 1. The van der Waals surface area contributed by atoms with Gasteiger partial charge in [0.2, 0.25) is 0 Å². The molecule has 4 nitrogen and oxygen atoms in total. The van der Waals surface area contributed by atoms with Crippen LogP contribution >= 0.6 is 12.4 Å². The molecule has 3 N–H and O–H groups in total. The fourth-order valence-electron chi connectivity index (χ4n) is 1.35. The van der Waals surface area contributed by atoms with Crippen LogP contribution in [0.3, 0.4) is 0 Å². The van der Waals surface area contributed by atoms with Gasteiger partial charge in [-0.2, -0.15) is 0 Å². The Hall–Kier alpha value is -1.33. The summed E-state index contributed by atoms with van der Waals surface area (Å²) in [7, 11) is 1.24. The number of halogens is 2. The summed E-state index contributed by atoms with van der Waals surface area (Å²) in [6.07, 6.45) is -0.105. The molecule has 1 aromatic carbocycles. The number of carbonyl (C=O) groups excluding carboxylic acids is 1. The Morgan fingerprint density at radius 2 is 2.18 bits per heavy atom. The van der Waals surface area contributed by atoms with Gasteiger partial charge in [-0.3, -0.25) is 4.79 Å². The van der Waals surface area contributed by atoms with Crippen molar-refractivity contribution in [2.24, 2.45) is 5.73 Å². The van der Waals surface area contributed by atoms with Crippen LogP contribution in [0, 0.1) is 12.7 Å². The van der Waals surface area contributed by atoms with Crippen LogP contribution < -0.4 is 5.73 Å². The molecule has 1 aromatic rings. The third-order valence-electron chi connectivity index (χ3n) is 2.35. The Morgan fingerprint density at radius 1 is 1.59 bits per heavy atom. The van der Waals surface area contributed by atoms with Crippen molar-refractivity contribution in [3.05, 3.63) is 29.1 Å². The predicted molar refractivity (Wildman–Crippen MR) is 63.6 cm³/mol. The average molecular weight is 264 g/mol. The standard InChI is InChI=1S/C11H14FNO3.ClH/c1-6-3-4-7(11(15)10(6)12)8(13)5-9(14)16-2;/h3-4,8,15H,5,13H2,1-2H3;1H/t8-;/m0./s1. The topological polar surface area (TPSA) is 72.5 Å². The maximum absolute atomic E-state index is 13.3. The number of hydrogen-bond donors (Lipinski definition) is 2. The minimum absolute atomic E-state index is 0. The van der Waals surface area contributed by atoms with Gasteiger partial charge in [-0.05, 0) is 12.5 Å². The first kappa shape index (κ1) is 15.7. The number of nitrogens with two attached hydrogens (primary N) is 1. The first-order valence-electron chi connectivity index (χ1n) is 4.77. The Morgan fingerprint density at radius 3 is 2.71 bits per heavy atom. The molecule has 0 spiro atoms. The van der Waals surface area contributed by atoms with Gasteiger partial charge in [0.25, 0.3) is 0 Å². The predicted octanol–water partition coefficient (Wildman–Crippen LogP) is 1.82. The fraction of sp³-hybridized carbons (Fsp3) is 0.364. The van der Waals surface area contributed by atoms with Crippen LogP contribution in [0.15, 0.2) is 12.1 Å². The van der Waals surface area contributed by atoms with Crippen LogP contribution in [0.1, 0.15) is 23.6 Å². The van der Waals surface area contributed by atoms with Crippen molar-refractivity contribution in [1.82, 2.24) is 0 Å². The molecule has 0 fully saturated rings. The summed E-state index contributed by atoms with van der Waals surface area (Å²) in [5.41, 5.74) is 6.19. The monoisotopic (exact) mass is 263 g/mol. The Bertz CT molecular complexity index is 412. The first-order valence-corrected chi connectivity index (χ1v) is 4.77. The van der Waals surface area contributed by atoms with Gasteiger partial charge in [-0.1, -0.05) is 12.1 Å². The molecule has 0 saturated heterocycles. The molecule has 0 unspecified atom stereocenters.